The first-order valence-electron chi connectivity index (χ1n) is 8.29. The average Bonchev–Trinajstić information content (AvgIpc) is 3.29. The highest BCUT2D eigenvalue weighted by Crippen LogP contribution is 2.18. The largest absolute Gasteiger partial charge is 0.368 e. The molecule has 0 saturated carbocycles. The summed E-state index contributed by atoms with van der Waals surface area (Å²) in [5.41, 5.74) is 1.73. The van der Waals surface area contributed by atoms with Crippen molar-refractivity contribution in [2.75, 3.05) is 11.9 Å². The van der Waals surface area contributed by atoms with Crippen molar-refractivity contribution >= 4 is 22.8 Å². The molecule has 3 heterocycles. The van der Waals surface area contributed by atoms with Gasteiger partial charge < -0.3 is 5.32 Å². The summed E-state index contributed by atoms with van der Waals surface area (Å²) in [5, 5.41) is 17.6. The first kappa shape index (κ1) is 15.7. The average molecular weight is 350 g/mol. The van der Waals surface area contributed by atoms with Crippen molar-refractivity contribution in [2.24, 2.45) is 0 Å². The lowest BCUT2D eigenvalue weighted by atomic mass is 10.2. The van der Waals surface area contributed by atoms with Crippen LogP contribution in [0.5, 0.6) is 0 Å². The number of nitrogens with zero attached hydrogens (tertiary/aromatic N) is 5. The van der Waals surface area contributed by atoms with E-state index in [0.29, 0.717) is 0 Å². The van der Waals surface area contributed by atoms with Crippen LogP contribution in [0.25, 0.3) is 17.0 Å². The maximum Gasteiger partial charge on any atom is 0.185 e. The van der Waals surface area contributed by atoms with E-state index in [4.69, 9.17) is 0 Å². The minimum Gasteiger partial charge on any atom is -0.368 e. The van der Waals surface area contributed by atoms with E-state index in [2.05, 4.69) is 32.5 Å². The van der Waals surface area contributed by atoms with E-state index in [1.165, 1.54) is 4.88 Å². The minimum absolute atomic E-state index is 0.733. The van der Waals surface area contributed by atoms with Crippen LogP contribution in [0.1, 0.15) is 16.8 Å². The Morgan fingerprint density at radius 1 is 1.08 bits per heavy atom. The second kappa shape index (κ2) is 6.98. The fraction of sp³-hybridized carbons (Fsp3) is 0.222. The molecule has 0 fully saturated rings. The standard InChI is InChI=1S/C18H18N6S/c1-2-14-12-20-17(25-14)10-11-19-15-8-9-16-21-22-18(24(16)23-15)13-6-4-3-5-7-13/h3-9,12H,2,10-11H2,1H3,(H,19,23). The lowest BCUT2D eigenvalue weighted by Crippen LogP contribution is -2.08. The smallest absolute Gasteiger partial charge is 0.185 e. The van der Waals surface area contributed by atoms with Crippen molar-refractivity contribution in [1.29, 1.82) is 0 Å². The summed E-state index contributed by atoms with van der Waals surface area (Å²) < 4.78 is 1.77. The molecule has 0 radical (unpaired) electrons. The highest BCUT2D eigenvalue weighted by molar-refractivity contribution is 7.11. The quantitative estimate of drug-likeness (QED) is 0.577. The number of fused-ring (bicyclic) bond motifs is 1. The SMILES string of the molecule is CCc1cnc(CCNc2ccc3nnc(-c4ccccc4)n3n2)s1. The molecule has 0 saturated heterocycles. The molecular formula is C18H18N6S. The first-order chi connectivity index (χ1) is 12.3. The summed E-state index contributed by atoms with van der Waals surface area (Å²) in [5.74, 6) is 1.54. The van der Waals surface area contributed by atoms with Gasteiger partial charge >= 0.3 is 0 Å². The molecule has 7 heteroatoms. The van der Waals surface area contributed by atoms with Gasteiger partial charge in [0.1, 0.15) is 5.82 Å². The van der Waals surface area contributed by atoms with Crippen LogP contribution >= 0.6 is 11.3 Å². The van der Waals surface area contributed by atoms with Crippen LogP contribution < -0.4 is 5.32 Å². The molecule has 4 rings (SSSR count). The predicted molar refractivity (Wildman–Crippen MR) is 99.9 cm³/mol. The van der Waals surface area contributed by atoms with E-state index in [-0.39, 0.29) is 0 Å². The Morgan fingerprint density at radius 3 is 2.76 bits per heavy atom. The highest BCUT2D eigenvalue weighted by Gasteiger charge is 2.09. The van der Waals surface area contributed by atoms with E-state index in [1.54, 1.807) is 15.9 Å². The van der Waals surface area contributed by atoms with Gasteiger partial charge in [-0.15, -0.1) is 26.6 Å². The van der Waals surface area contributed by atoms with E-state index in [1.807, 2.05) is 48.7 Å². The molecule has 0 atom stereocenters. The fourth-order valence-corrected chi connectivity index (χ4v) is 3.44. The van der Waals surface area contributed by atoms with Crippen LogP contribution in [0.3, 0.4) is 0 Å². The number of hydrogen-bond acceptors (Lipinski definition) is 6. The van der Waals surface area contributed by atoms with E-state index in [9.17, 15) is 0 Å². The molecular weight excluding hydrogens is 332 g/mol. The van der Waals surface area contributed by atoms with Crippen molar-refractivity contribution in [3.8, 4) is 11.4 Å². The number of hydrogen-bond donors (Lipinski definition) is 1. The summed E-state index contributed by atoms with van der Waals surface area (Å²) in [4.78, 5) is 5.77. The third-order valence-corrected chi connectivity index (χ3v) is 5.09. The molecule has 4 aromatic rings. The number of aromatic nitrogens is 5. The van der Waals surface area contributed by atoms with Crippen molar-refractivity contribution in [3.63, 3.8) is 0 Å². The van der Waals surface area contributed by atoms with E-state index >= 15 is 0 Å². The van der Waals surface area contributed by atoms with Crippen LogP contribution in [-0.4, -0.2) is 31.3 Å². The lowest BCUT2D eigenvalue weighted by molar-refractivity contribution is 0.912. The summed E-state index contributed by atoms with van der Waals surface area (Å²) in [6.07, 6.45) is 3.89. The van der Waals surface area contributed by atoms with Gasteiger partial charge in [0, 0.05) is 29.6 Å². The minimum atomic E-state index is 0.733. The molecule has 126 valence electrons. The monoisotopic (exact) mass is 350 g/mol. The van der Waals surface area contributed by atoms with Gasteiger partial charge in [-0.1, -0.05) is 37.3 Å². The number of anilines is 1. The van der Waals surface area contributed by atoms with Gasteiger partial charge in [0.15, 0.2) is 11.5 Å². The Bertz CT molecular complexity index is 976. The van der Waals surface area contributed by atoms with Gasteiger partial charge in [-0.2, -0.15) is 4.52 Å². The number of rotatable bonds is 6. The van der Waals surface area contributed by atoms with Gasteiger partial charge in [0.2, 0.25) is 0 Å². The molecule has 6 nitrogen and oxygen atoms in total. The van der Waals surface area contributed by atoms with Crippen LogP contribution in [-0.2, 0) is 12.8 Å². The van der Waals surface area contributed by atoms with Gasteiger partial charge in [0.05, 0.1) is 5.01 Å². The molecule has 0 unspecified atom stereocenters. The Hall–Kier alpha value is -2.80. The van der Waals surface area contributed by atoms with Crippen molar-refractivity contribution < 1.29 is 0 Å². The normalized spacial score (nSPS) is 11.1. The number of aryl methyl sites for hydroxylation is 1. The zero-order valence-electron chi connectivity index (χ0n) is 13.9. The Balaban J connectivity index is 1.50. The molecule has 1 aromatic carbocycles. The molecule has 0 aliphatic rings. The molecule has 0 bridgehead atoms. The maximum atomic E-state index is 4.63. The number of benzene rings is 1. The maximum absolute atomic E-state index is 4.63. The highest BCUT2D eigenvalue weighted by atomic mass is 32.1. The number of thiazole rings is 1. The zero-order valence-corrected chi connectivity index (χ0v) is 14.7. The summed E-state index contributed by atoms with van der Waals surface area (Å²) in [7, 11) is 0. The fourth-order valence-electron chi connectivity index (χ4n) is 2.57. The predicted octanol–water partition coefficient (Wildman–Crippen LogP) is 3.46. The van der Waals surface area contributed by atoms with Crippen LogP contribution in [0, 0.1) is 0 Å². The van der Waals surface area contributed by atoms with E-state index < -0.39 is 0 Å². The van der Waals surface area contributed by atoms with Gasteiger partial charge in [-0.3, -0.25) is 0 Å². The zero-order chi connectivity index (χ0) is 17.1. The molecule has 0 aliphatic heterocycles. The Morgan fingerprint density at radius 2 is 1.96 bits per heavy atom. The summed E-state index contributed by atoms with van der Waals surface area (Å²) in [6.45, 7) is 2.94. The first-order valence-corrected chi connectivity index (χ1v) is 9.10. The number of nitrogens with one attached hydrogen (secondary N) is 1. The molecule has 25 heavy (non-hydrogen) atoms. The Kier molecular flexibility index (Phi) is 4.39. The molecule has 0 spiro atoms. The summed E-state index contributed by atoms with van der Waals surface area (Å²) >= 11 is 1.77. The van der Waals surface area contributed by atoms with Crippen molar-refractivity contribution in [3.05, 3.63) is 58.5 Å². The van der Waals surface area contributed by atoms with Crippen LogP contribution in [0.4, 0.5) is 5.82 Å². The molecule has 0 amide bonds. The van der Waals surface area contributed by atoms with Crippen LogP contribution in [0.15, 0.2) is 48.7 Å². The third-order valence-electron chi connectivity index (χ3n) is 3.89. The topological polar surface area (TPSA) is 68.0 Å². The molecule has 3 aromatic heterocycles. The van der Waals surface area contributed by atoms with Gasteiger partial charge in [0.25, 0.3) is 0 Å². The molecule has 1 N–H and O–H groups in total. The van der Waals surface area contributed by atoms with Crippen LogP contribution in [0.2, 0.25) is 0 Å². The van der Waals surface area contributed by atoms with Gasteiger partial charge in [-0.05, 0) is 18.6 Å². The van der Waals surface area contributed by atoms with E-state index in [0.717, 1.165) is 47.2 Å². The lowest BCUT2D eigenvalue weighted by Gasteiger charge is -2.05. The van der Waals surface area contributed by atoms with Gasteiger partial charge in [-0.25, -0.2) is 4.98 Å². The Labute approximate surface area is 149 Å². The molecule has 0 aliphatic carbocycles. The van der Waals surface area contributed by atoms with Crippen molar-refractivity contribution in [2.45, 2.75) is 19.8 Å². The van der Waals surface area contributed by atoms with Crippen molar-refractivity contribution in [1.82, 2.24) is 24.8 Å². The summed E-state index contributed by atoms with van der Waals surface area (Å²) in [6, 6.07) is 13.8. The third kappa shape index (κ3) is 3.36. The second-order valence-electron chi connectivity index (χ2n) is 5.63. The second-order valence-corrected chi connectivity index (χ2v) is 6.83.